The summed E-state index contributed by atoms with van der Waals surface area (Å²) in [4.78, 5) is 29.6. The molecule has 1 aromatic heterocycles. The number of amides is 1. The molecule has 2 N–H and O–H groups in total. The fraction of sp³-hybridized carbons (Fsp3) is 0.318. The Morgan fingerprint density at radius 2 is 1.93 bits per heavy atom. The van der Waals surface area contributed by atoms with Gasteiger partial charge in [-0.15, -0.1) is 0 Å². The summed E-state index contributed by atoms with van der Waals surface area (Å²) in [5, 5.41) is 13.1. The molecule has 0 saturated carbocycles. The molecule has 0 radical (unpaired) electrons. The number of aliphatic hydroxyl groups is 1. The van der Waals surface area contributed by atoms with Gasteiger partial charge >= 0.3 is 0 Å². The van der Waals surface area contributed by atoms with E-state index in [1.54, 1.807) is 22.8 Å². The second-order valence-electron chi connectivity index (χ2n) is 6.76. The van der Waals surface area contributed by atoms with E-state index in [2.05, 4.69) is 29.4 Å². The molecule has 0 unspecified atom stereocenters. The quantitative estimate of drug-likeness (QED) is 0.418. The van der Waals surface area contributed by atoms with E-state index in [0.717, 1.165) is 6.42 Å². The highest BCUT2D eigenvalue weighted by atomic mass is 32.2. The number of benzene rings is 2. The van der Waals surface area contributed by atoms with Crippen molar-refractivity contribution in [2.45, 2.75) is 31.5 Å². The highest BCUT2D eigenvalue weighted by Gasteiger charge is 2.13. The Morgan fingerprint density at radius 1 is 1.17 bits per heavy atom. The maximum Gasteiger partial charge on any atom is 0.262 e. The van der Waals surface area contributed by atoms with Crippen LogP contribution in [0.5, 0.6) is 0 Å². The molecule has 0 atom stereocenters. The molecule has 1 amide bonds. The van der Waals surface area contributed by atoms with Crippen LogP contribution in [-0.4, -0.2) is 39.5 Å². The lowest BCUT2D eigenvalue weighted by Crippen LogP contribution is -2.28. The average Bonchev–Trinajstić information content (AvgIpc) is 2.73. The highest BCUT2D eigenvalue weighted by Crippen LogP contribution is 2.18. The van der Waals surface area contributed by atoms with Crippen LogP contribution in [0.25, 0.3) is 10.9 Å². The number of carbonyl (C=O) groups is 1. The fourth-order valence-corrected chi connectivity index (χ4v) is 3.95. The molecule has 0 aliphatic carbocycles. The van der Waals surface area contributed by atoms with Crippen LogP contribution in [0.1, 0.15) is 17.5 Å². The molecular weight excluding hydrogens is 386 g/mol. The van der Waals surface area contributed by atoms with Crippen LogP contribution in [0.2, 0.25) is 0 Å². The Morgan fingerprint density at radius 3 is 2.72 bits per heavy atom. The molecule has 0 spiro atoms. The van der Waals surface area contributed by atoms with E-state index in [0.29, 0.717) is 35.6 Å². The number of carbonyl (C=O) groups excluding carboxylic acids is 1. The number of para-hydroxylation sites is 1. The van der Waals surface area contributed by atoms with Crippen LogP contribution in [0.4, 0.5) is 0 Å². The summed E-state index contributed by atoms with van der Waals surface area (Å²) in [5.41, 5.74) is 2.89. The first-order valence-corrected chi connectivity index (χ1v) is 10.6. The zero-order valence-electron chi connectivity index (χ0n) is 16.4. The molecular formula is C22H25N3O3S. The summed E-state index contributed by atoms with van der Waals surface area (Å²) in [6.45, 7) is 2.98. The van der Waals surface area contributed by atoms with Crippen molar-refractivity contribution in [3.8, 4) is 0 Å². The van der Waals surface area contributed by atoms with Gasteiger partial charge < -0.3 is 10.4 Å². The minimum Gasteiger partial charge on any atom is -0.396 e. The van der Waals surface area contributed by atoms with Gasteiger partial charge in [0.05, 0.1) is 16.7 Å². The van der Waals surface area contributed by atoms with Gasteiger partial charge in [-0.1, -0.05) is 48.2 Å². The number of aryl methyl sites for hydroxylation is 1. The lowest BCUT2D eigenvalue weighted by Gasteiger charge is -2.12. The number of nitrogens with one attached hydrogen (secondary N) is 1. The van der Waals surface area contributed by atoms with Gasteiger partial charge in [-0.2, -0.15) is 0 Å². The van der Waals surface area contributed by atoms with Crippen LogP contribution in [0.15, 0.2) is 58.5 Å². The van der Waals surface area contributed by atoms with Crippen molar-refractivity contribution in [1.82, 2.24) is 14.9 Å². The largest absolute Gasteiger partial charge is 0.396 e. The van der Waals surface area contributed by atoms with E-state index in [1.807, 2.05) is 18.2 Å². The van der Waals surface area contributed by atoms with Gasteiger partial charge in [-0.25, -0.2) is 4.98 Å². The van der Waals surface area contributed by atoms with Crippen LogP contribution in [0.3, 0.4) is 0 Å². The summed E-state index contributed by atoms with van der Waals surface area (Å²) in [6, 6.07) is 15.3. The fourth-order valence-electron chi connectivity index (χ4n) is 3.09. The molecule has 0 aliphatic heterocycles. The molecule has 0 fully saturated rings. The highest BCUT2D eigenvalue weighted by molar-refractivity contribution is 7.99. The summed E-state index contributed by atoms with van der Waals surface area (Å²) in [7, 11) is 0. The van der Waals surface area contributed by atoms with Crippen molar-refractivity contribution in [3.63, 3.8) is 0 Å². The molecule has 6 nitrogen and oxygen atoms in total. The first kappa shape index (κ1) is 21.1. The zero-order chi connectivity index (χ0) is 20.6. The van der Waals surface area contributed by atoms with Gasteiger partial charge in [-0.3, -0.25) is 14.2 Å². The Bertz CT molecular complexity index is 1050. The van der Waals surface area contributed by atoms with Crippen molar-refractivity contribution < 1.29 is 9.90 Å². The normalized spacial score (nSPS) is 11.0. The smallest absolute Gasteiger partial charge is 0.262 e. The topological polar surface area (TPSA) is 84.2 Å². The molecule has 3 aromatic rings. The Balaban J connectivity index is 1.65. The van der Waals surface area contributed by atoms with Crippen molar-refractivity contribution in [2.75, 3.05) is 18.9 Å². The summed E-state index contributed by atoms with van der Waals surface area (Å²) >= 11 is 1.24. The minimum absolute atomic E-state index is 0.0111. The molecule has 152 valence electrons. The standard InChI is InChI=1S/C22H25N3O3S/c1-16-7-2-3-8-17(16)11-12-23-20(27)15-29-22-24-19-10-5-4-9-18(19)21(28)25(22)13-6-14-26/h2-5,7-10,26H,6,11-15H2,1H3,(H,23,27). The zero-order valence-corrected chi connectivity index (χ0v) is 17.2. The van der Waals surface area contributed by atoms with Crippen molar-refractivity contribution in [1.29, 1.82) is 0 Å². The molecule has 3 rings (SSSR count). The van der Waals surface area contributed by atoms with Gasteiger partial charge in [0.2, 0.25) is 5.91 Å². The molecule has 29 heavy (non-hydrogen) atoms. The summed E-state index contributed by atoms with van der Waals surface area (Å²) in [6.07, 6.45) is 1.23. The summed E-state index contributed by atoms with van der Waals surface area (Å²) in [5.74, 6) is 0.0808. The third kappa shape index (κ3) is 5.46. The Hall–Kier alpha value is -2.64. The lowest BCUT2D eigenvalue weighted by atomic mass is 10.1. The van der Waals surface area contributed by atoms with Crippen LogP contribution < -0.4 is 10.9 Å². The van der Waals surface area contributed by atoms with E-state index in [9.17, 15) is 9.59 Å². The van der Waals surface area contributed by atoms with Gasteiger partial charge in [0.25, 0.3) is 5.56 Å². The van der Waals surface area contributed by atoms with E-state index in [4.69, 9.17) is 5.11 Å². The third-order valence-corrected chi connectivity index (χ3v) is 5.65. The maximum absolute atomic E-state index is 12.8. The van der Waals surface area contributed by atoms with Gasteiger partial charge in [0.15, 0.2) is 5.16 Å². The molecule has 1 heterocycles. The lowest BCUT2D eigenvalue weighted by molar-refractivity contribution is -0.118. The van der Waals surface area contributed by atoms with Crippen molar-refractivity contribution >= 4 is 28.6 Å². The Labute approximate surface area is 174 Å². The van der Waals surface area contributed by atoms with Crippen LogP contribution >= 0.6 is 11.8 Å². The second kappa shape index (κ2) is 10.2. The number of nitrogens with zero attached hydrogens (tertiary/aromatic N) is 2. The average molecular weight is 412 g/mol. The van der Waals surface area contributed by atoms with Crippen LogP contribution in [0, 0.1) is 6.92 Å². The number of thioether (sulfide) groups is 1. The predicted molar refractivity (Wildman–Crippen MR) is 116 cm³/mol. The van der Waals surface area contributed by atoms with Crippen LogP contribution in [-0.2, 0) is 17.8 Å². The van der Waals surface area contributed by atoms with E-state index in [1.165, 1.54) is 22.9 Å². The number of rotatable bonds is 9. The molecule has 0 aliphatic rings. The van der Waals surface area contributed by atoms with Crippen molar-refractivity contribution in [3.05, 3.63) is 70.0 Å². The van der Waals surface area contributed by atoms with E-state index < -0.39 is 0 Å². The van der Waals surface area contributed by atoms with Gasteiger partial charge in [0.1, 0.15) is 0 Å². The van der Waals surface area contributed by atoms with E-state index >= 15 is 0 Å². The third-order valence-electron chi connectivity index (χ3n) is 4.68. The number of hydrogen-bond acceptors (Lipinski definition) is 5. The number of fused-ring (bicyclic) bond motifs is 1. The molecule has 0 bridgehead atoms. The number of aromatic nitrogens is 2. The van der Waals surface area contributed by atoms with E-state index in [-0.39, 0.29) is 23.8 Å². The number of hydrogen-bond donors (Lipinski definition) is 2. The molecule has 2 aromatic carbocycles. The number of aliphatic hydroxyl groups excluding tert-OH is 1. The minimum atomic E-state index is -0.147. The predicted octanol–water partition coefficient (Wildman–Crippen LogP) is 2.54. The van der Waals surface area contributed by atoms with Crippen molar-refractivity contribution in [2.24, 2.45) is 0 Å². The second-order valence-corrected chi connectivity index (χ2v) is 7.70. The molecule has 7 heteroatoms. The van der Waals surface area contributed by atoms with Gasteiger partial charge in [-0.05, 0) is 43.0 Å². The van der Waals surface area contributed by atoms with Gasteiger partial charge in [0, 0.05) is 19.7 Å². The first-order chi connectivity index (χ1) is 14.1. The summed E-state index contributed by atoms with van der Waals surface area (Å²) < 4.78 is 1.55. The SMILES string of the molecule is Cc1ccccc1CCNC(=O)CSc1nc2ccccc2c(=O)n1CCCO. The monoisotopic (exact) mass is 411 g/mol. The Kier molecular flexibility index (Phi) is 7.43. The molecule has 0 saturated heterocycles. The maximum atomic E-state index is 12.8. The first-order valence-electron chi connectivity index (χ1n) is 9.64.